The van der Waals surface area contributed by atoms with E-state index in [0.717, 1.165) is 11.0 Å². The molecule has 1 aromatic heterocycles. The molecule has 0 saturated heterocycles. The van der Waals surface area contributed by atoms with Crippen LogP contribution in [0.25, 0.3) is 11.0 Å². The number of para-hydroxylation sites is 2. The van der Waals surface area contributed by atoms with Crippen molar-refractivity contribution in [3.8, 4) is 11.5 Å². The van der Waals surface area contributed by atoms with Gasteiger partial charge in [-0.3, -0.25) is 13.9 Å². The van der Waals surface area contributed by atoms with Crippen molar-refractivity contribution >= 4 is 22.6 Å². The summed E-state index contributed by atoms with van der Waals surface area (Å²) in [6.45, 7) is 5.10. The lowest BCUT2D eigenvalue weighted by atomic mass is 10.2. The Morgan fingerprint density at radius 2 is 1.75 bits per heavy atom. The molecule has 0 atom stereocenters. The van der Waals surface area contributed by atoms with Gasteiger partial charge in [-0.15, -0.1) is 0 Å². The summed E-state index contributed by atoms with van der Waals surface area (Å²) in [5.41, 5.74) is 2.08. The van der Waals surface area contributed by atoms with Crippen LogP contribution in [0.3, 0.4) is 0 Å². The van der Waals surface area contributed by atoms with E-state index in [9.17, 15) is 9.59 Å². The van der Waals surface area contributed by atoms with Crippen LogP contribution in [-0.4, -0.2) is 28.3 Å². The Labute approximate surface area is 163 Å². The van der Waals surface area contributed by atoms with Crippen LogP contribution in [0.5, 0.6) is 11.5 Å². The lowest BCUT2D eigenvalue weighted by Gasteiger charge is -2.13. The van der Waals surface area contributed by atoms with Crippen molar-refractivity contribution in [2.75, 3.05) is 18.5 Å². The highest BCUT2D eigenvalue weighted by molar-refractivity contribution is 5.92. The van der Waals surface area contributed by atoms with Crippen LogP contribution in [0.1, 0.15) is 20.3 Å². The van der Waals surface area contributed by atoms with E-state index >= 15 is 0 Å². The van der Waals surface area contributed by atoms with E-state index < -0.39 is 0 Å². The van der Waals surface area contributed by atoms with Crippen LogP contribution in [0.4, 0.5) is 5.69 Å². The van der Waals surface area contributed by atoms with E-state index in [1.165, 1.54) is 0 Å². The molecule has 0 aliphatic carbocycles. The van der Waals surface area contributed by atoms with Crippen molar-refractivity contribution in [1.82, 2.24) is 9.13 Å². The maximum Gasteiger partial charge on any atom is 0.328 e. The molecule has 3 aromatic rings. The summed E-state index contributed by atoms with van der Waals surface area (Å²) in [5.74, 6) is 1.04. The molecule has 0 spiro atoms. The van der Waals surface area contributed by atoms with Gasteiger partial charge in [0.15, 0.2) is 0 Å². The van der Waals surface area contributed by atoms with Gasteiger partial charge in [-0.25, -0.2) is 4.79 Å². The van der Waals surface area contributed by atoms with Gasteiger partial charge in [0.25, 0.3) is 0 Å². The summed E-state index contributed by atoms with van der Waals surface area (Å²) in [7, 11) is 1.73. The van der Waals surface area contributed by atoms with Crippen LogP contribution >= 0.6 is 0 Å². The van der Waals surface area contributed by atoms with E-state index in [-0.39, 0.29) is 18.0 Å². The Morgan fingerprint density at radius 1 is 1.04 bits per heavy atom. The predicted octanol–water partition coefficient (Wildman–Crippen LogP) is 3.17. The SMILES string of the molecule is CCOc1ccc(OCC)c(NC(=O)CCn2c(=O)n(C)c3ccccc32)c1. The van der Waals surface area contributed by atoms with E-state index in [4.69, 9.17) is 9.47 Å². The normalized spacial score (nSPS) is 10.8. The average molecular weight is 383 g/mol. The third-order valence-corrected chi connectivity index (χ3v) is 4.45. The van der Waals surface area contributed by atoms with Crippen molar-refractivity contribution < 1.29 is 14.3 Å². The van der Waals surface area contributed by atoms with Gasteiger partial charge >= 0.3 is 5.69 Å². The number of nitrogens with zero attached hydrogens (tertiary/aromatic N) is 2. The number of benzene rings is 2. The van der Waals surface area contributed by atoms with Crippen LogP contribution in [0, 0.1) is 0 Å². The Bertz CT molecular complexity index is 1040. The molecule has 0 unspecified atom stereocenters. The smallest absolute Gasteiger partial charge is 0.328 e. The summed E-state index contributed by atoms with van der Waals surface area (Å²) in [4.78, 5) is 25.0. The number of hydrogen-bond acceptors (Lipinski definition) is 4. The highest BCUT2D eigenvalue weighted by Crippen LogP contribution is 2.29. The predicted molar refractivity (Wildman–Crippen MR) is 109 cm³/mol. The van der Waals surface area contributed by atoms with E-state index in [1.807, 2.05) is 38.1 Å². The molecule has 0 saturated carbocycles. The first-order valence-electron chi connectivity index (χ1n) is 9.38. The monoisotopic (exact) mass is 383 g/mol. The molecule has 1 amide bonds. The van der Waals surface area contributed by atoms with Crippen molar-refractivity contribution in [3.05, 3.63) is 52.9 Å². The fraction of sp³-hybridized carbons (Fsp3) is 0.333. The van der Waals surface area contributed by atoms with Crippen molar-refractivity contribution in [3.63, 3.8) is 0 Å². The number of carbonyl (C=O) groups is 1. The zero-order valence-corrected chi connectivity index (χ0v) is 16.4. The molecule has 28 heavy (non-hydrogen) atoms. The number of ether oxygens (including phenoxy) is 2. The topological polar surface area (TPSA) is 74.5 Å². The van der Waals surface area contributed by atoms with Crippen molar-refractivity contribution in [2.24, 2.45) is 7.05 Å². The Morgan fingerprint density at radius 3 is 2.46 bits per heavy atom. The van der Waals surface area contributed by atoms with Crippen LogP contribution in [0.15, 0.2) is 47.3 Å². The van der Waals surface area contributed by atoms with Gasteiger partial charge in [-0.2, -0.15) is 0 Å². The molecule has 0 aliphatic heterocycles. The Balaban J connectivity index is 1.76. The highest BCUT2D eigenvalue weighted by atomic mass is 16.5. The molecule has 0 aliphatic rings. The first kappa shape index (κ1) is 19.5. The fourth-order valence-electron chi connectivity index (χ4n) is 3.15. The summed E-state index contributed by atoms with van der Waals surface area (Å²) in [6, 6.07) is 12.9. The van der Waals surface area contributed by atoms with Crippen LogP contribution < -0.4 is 20.5 Å². The second-order valence-electron chi connectivity index (χ2n) is 6.30. The zero-order valence-electron chi connectivity index (χ0n) is 16.4. The molecule has 0 radical (unpaired) electrons. The molecule has 0 bridgehead atoms. The standard InChI is InChI=1S/C21H25N3O4/c1-4-27-15-10-11-19(28-5-2)16(14-15)22-20(25)12-13-24-18-9-7-6-8-17(18)23(3)21(24)26/h6-11,14H,4-5,12-13H2,1-3H3,(H,22,25). The molecule has 148 valence electrons. The molecule has 3 rings (SSSR count). The second-order valence-corrected chi connectivity index (χ2v) is 6.30. The first-order valence-corrected chi connectivity index (χ1v) is 9.38. The summed E-state index contributed by atoms with van der Waals surface area (Å²) in [6.07, 6.45) is 0.165. The fourth-order valence-corrected chi connectivity index (χ4v) is 3.15. The number of nitrogens with one attached hydrogen (secondary N) is 1. The van der Waals surface area contributed by atoms with Crippen LogP contribution in [0.2, 0.25) is 0 Å². The Kier molecular flexibility index (Phi) is 6.03. The largest absolute Gasteiger partial charge is 0.494 e. The van der Waals surface area contributed by atoms with Gasteiger partial charge in [-0.05, 0) is 38.1 Å². The van der Waals surface area contributed by atoms with Crippen molar-refractivity contribution in [1.29, 1.82) is 0 Å². The molecule has 2 aromatic carbocycles. The van der Waals surface area contributed by atoms with Gasteiger partial charge in [0.1, 0.15) is 11.5 Å². The van der Waals surface area contributed by atoms with Crippen LogP contribution in [-0.2, 0) is 18.4 Å². The van der Waals surface area contributed by atoms with Gasteiger partial charge in [0.2, 0.25) is 5.91 Å². The van der Waals surface area contributed by atoms with E-state index in [1.54, 1.807) is 34.4 Å². The molecular formula is C21H25N3O4. The Hall–Kier alpha value is -3.22. The van der Waals surface area contributed by atoms with E-state index in [0.29, 0.717) is 36.9 Å². The van der Waals surface area contributed by atoms with Gasteiger partial charge in [0, 0.05) is 26.1 Å². The molecule has 7 nitrogen and oxygen atoms in total. The maximum atomic E-state index is 12.5. The van der Waals surface area contributed by atoms with Gasteiger partial charge in [-0.1, -0.05) is 12.1 Å². The number of amides is 1. The average Bonchev–Trinajstić information content (AvgIpc) is 2.93. The number of imidazole rings is 1. The number of aromatic nitrogens is 2. The minimum absolute atomic E-state index is 0.137. The quantitative estimate of drug-likeness (QED) is 0.648. The number of anilines is 1. The highest BCUT2D eigenvalue weighted by Gasteiger charge is 2.13. The molecule has 0 fully saturated rings. The maximum absolute atomic E-state index is 12.5. The summed E-state index contributed by atoms with van der Waals surface area (Å²) >= 11 is 0. The molecule has 7 heteroatoms. The minimum Gasteiger partial charge on any atom is -0.494 e. The third kappa shape index (κ3) is 4.03. The molecule has 1 N–H and O–H groups in total. The second kappa shape index (κ2) is 8.65. The first-order chi connectivity index (χ1) is 13.5. The lowest BCUT2D eigenvalue weighted by Crippen LogP contribution is -2.24. The van der Waals surface area contributed by atoms with Gasteiger partial charge < -0.3 is 14.8 Å². The number of carbonyl (C=O) groups excluding carboxylic acids is 1. The number of aryl methyl sites for hydroxylation is 2. The minimum atomic E-state index is -0.200. The zero-order chi connectivity index (χ0) is 20.1. The summed E-state index contributed by atoms with van der Waals surface area (Å²) in [5, 5.41) is 2.87. The van der Waals surface area contributed by atoms with E-state index in [2.05, 4.69) is 5.32 Å². The molecular weight excluding hydrogens is 358 g/mol. The van der Waals surface area contributed by atoms with Gasteiger partial charge in [0.05, 0.1) is 29.9 Å². The summed E-state index contributed by atoms with van der Waals surface area (Å²) < 4.78 is 14.3. The third-order valence-electron chi connectivity index (χ3n) is 4.45. The number of fused-ring (bicyclic) bond motifs is 1. The number of rotatable bonds is 8. The molecule has 1 heterocycles. The number of hydrogen-bond donors (Lipinski definition) is 1. The van der Waals surface area contributed by atoms with Crippen molar-refractivity contribution in [2.45, 2.75) is 26.8 Å². The lowest BCUT2D eigenvalue weighted by molar-refractivity contribution is -0.116.